The predicted octanol–water partition coefficient (Wildman–Crippen LogP) is 2.72. The molecule has 0 saturated carbocycles. The van der Waals surface area contributed by atoms with Crippen LogP contribution in [0.4, 0.5) is 4.39 Å². The van der Waals surface area contributed by atoms with Crippen LogP contribution in [-0.4, -0.2) is 49.5 Å². The van der Waals surface area contributed by atoms with Crippen LogP contribution in [-0.2, 0) is 11.2 Å². The van der Waals surface area contributed by atoms with Gasteiger partial charge in [0.25, 0.3) is 0 Å². The second-order valence-corrected chi connectivity index (χ2v) is 6.61. The first-order chi connectivity index (χ1) is 12.7. The van der Waals surface area contributed by atoms with Crippen molar-refractivity contribution in [1.29, 1.82) is 0 Å². The van der Waals surface area contributed by atoms with Crippen LogP contribution in [0, 0.1) is 5.82 Å². The summed E-state index contributed by atoms with van der Waals surface area (Å²) in [6.45, 7) is 5.94. The molecule has 6 heteroatoms. The summed E-state index contributed by atoms with van der Waals surface area (Å²) in [5.41, 5.74) is 1.09. The van der Waals surface area contributed by atoms with E-state index < -0.39 is 0 Å². The smallest absolute Gasteiger partial charge is 0.222 e. The number of rotatable bonds is 8. The van der Waals surface area contributed by atoms with Gasteiger partial charge in [-0.15, -0.1) is 0 Å². The molecule has 1 aromatic carbocycles. The van der Waals surface area contributed by atoms with E-state index in [0.717, 1.165) is 69.8 Å². The molecule has 1 saturated heterocycles. The maximum atomic E-state index is 12.9. The summed E-state index contributed by atoms with van der Waals surface area (Å²) in [7, 11) is 0. The van der Waals surface area contributed by atoms with E-state index in [0.29, 0.717) is 13.0 Å². The van der Waals surface area contributed by atoms with Crippen molar-refractivity contribution in [3.8, 4) is 0 Å². The van der Waals surface area contributed by atoms with Gasteiger partial charge >= 0.3 is 0 Å². The van der Waals surface area contributed by atoms with Crippen molar-refractivity contribution in [2.45, 2.75) is 45.4 Å². The molecule has 1 fully saturated rings. The Bertz CT molecular complexity index is 574. The van der Waals surface area contributed by atoms with Crippen molar-refractivity contribution in [2.75, 3.05) is 32.7 Å². The van der Waals surface area contributed by atoms with Crippen LogP contribution in [0.2, 0.25) is 0 Å². The largest absolute Gasteiger partial charge is 0.357 e. The second-order valence-electron chi connectivity index (χ2n) is 6.61. The lowest BCUT2D eigenvalue weighted by Crippen LogP contribution is -2.38. The zero-order valence-electron chi connectivity index (χ0n) is 15.8. The lowest BCUT2D eigenvalue weighted by Gasteiger charge is -2.20. The number of amides is 1. The van der Waals surface area contributed by atoms with Crippen LogP contribution >= 0.6 is 0 Å². The Labute approximate surface area is 156 Å². The summed E-state index contributed by atoms with van der Waals surface area (Å²) >= 11 is 0. The van der Waals surface area contributed by atoms with E-state index in [1.54, 1.807) is 12.1 Å². The van der Waals surface area contributed by atoms with Crippen LogP contribution in [0.5, 0.6) is 0 Å². The summed E-state index contributed by atoms with van der Waals surface area (Å²) in [5, 5.41) is 6.54. The van der Waals surface area contributed by atoms with E-state index in [4.69, 9.17) is 0 Å². The maximum Gasteiger partial charge on any atom is 0.222 e. The lowest BCUT2D eigenvalue weighted by atomic mass is 10.1. The van der Waals surface area contributed by atoms with Crippen molar-refractivity contribution in [2.24, 2.45) is 4.99 Å². The summed E-state index contributed by atoms with van der Waals surface area (Å²) in [6, 6.07) is 6.58. The minimum Gasteiger partial charge on any atom is -0.357 e. The van der Waals surface area contributed by atoms with E-state index in [1.807, 2.05) is 11.8 Å². The molecule has 1 heterocycles. The van der Waals surface area contributed by atoms with E-state index in [1.165, 1.54) is 12.1 Å². The Hall–Kier alpha value is -2.11. The molecule has 1 aliphatic rings. The standard InChI is InChI=1S/C20H31FN4O/c1-2-22-20(24-14-12-17-8-10-18(21)11-9-17)23-13-6-16-25-15-5-3-4-7-19(25)26/h8-11H,2-7,12-16H2,1H3,(H2,22,23,24). The number of nitrogens with zero attached hydrogens (tertiary/aromatic N) is 2. The fraction of sp³-hybridized carbons (Fsp3) is 0.600. The van der Waals surface area contributed by atoms with Crippen LogP contribution < -0.4 is 10.6 Å². The quantitative estimate of drug-likeness (QED) is 0.425. The number of guanidine groups is 1. The molecule has 0 spiro atoms. The van der Waals surface area contributed by atoms with Crippen LogP contribution in [0.15, 0.2) is 29.3 Å². The molecule has 144 valence electrons. The van der Waals surface area contributed by atoms with Gasteiger partial charge in [0.2, 0.25) is 5.91 Å². The number of aliphatic imine (C=N–C) groups is 1. The molecular formula is C20H31FN4O. The second kappa shape index (κ2) is 11.5. The van der Waals surface area contributed by atoms with Gasteiger partial charge in [-0.2, -0.15) is 0 Å². The van der Waals surface area contributed by atoms with Gasteiger partial charge in [0.15, 0.2) is 5.96 Å². The highest BCUT2D eigenvalue weighted by molar-refractivity contribution is 5.79. The number of likely N-dealkylation sites (tertiary alicyclic amines) is 1. The molecule has 1 aliphatic heterocycles. The number of nitrogens with one attached hydrogen (secondary N) is 2. The fourth-order valence-corrected chi connectivity index (χ4v) is 3.05. The Kier molecular flexibility index (Phi) is 8.93. The monoisotopic (exact) mass is 362 g/mol. The van der Waals surface area contributed by atoms with E-state index in [2.05, 4.69) is 15.6 Å². The van der Waals surface area contributed by atoms with Gasteiger partial charge < -0.3 is 15.5 Å². The minimum atomic E-state index is -0.209. The molecule has 0 unspecified atom stereocenters. The number of carbonyl (C=O) groups excluding carboxylic acids is 1. The highest BCUT2D eigenvalue weighted by Gasteiger charge is 2.15. The third kappa shape index (κ3) is 7.42. The lowest BCUT2D eigenvalue weighted by molar-refractivity contribution is -0.130. The first kappa shape index (κ1) is 20.2. The Morgan fingerprint density at radius 2 is 2.00 bits per heavy atom. The zero-order chi connectivity index (χ0) is 18.6. The number of halogens is 1. The average molecular weight is 362 g/mol. The first-order valence-corrected chi connectivity index (χ1v) is 9.73. The molecule has 0 aliphatic carbocycles. The molecule has 1 amide bonds. The molecule has 2 rings (SSSR count). The van der Waals surface area contributed by atoms with Crippen molar-refractivity contribution in [1.82, 2.24) is 15.5 Å². The average Bonchev–Trinajstić information content (AvgIpc) is 2.84. The highest BCUT2D eigenvalue weighted by Crippen LogP contribution is 2.11. The molecule has 0 bridgehead atoms. The van der Waals surface area contributed by atoms with Gasteiger partial charge in [-0.3, -0.25) is 9.79 Å². The molecule has 0 aromatic heterocycles. The molecule has 0 atom stereocenters. The van der Waals surface area contributed by atoms with Gasteiger partial charge in [0.1, 0.15) is 5.82 Å². The van der Waals surface area contributed by atoms with E-state index in [9.17, 15) is 9.18 Å². The van der Waals surface area contributed by atoms with Crippen LogP contribution in [0.1, 0.15) is 44.6 Å². The van der Waals surface area contributed by atoms with Crippen molar-refractivity contribution >= 4 is 11.9 Å². The van der Waals surface area contributed by atoms with Crippen molar-refractivity contribution in [3.05, 3.63) is 35.6 Å². The van der Waals surface area contributed by atoms with Crippen molar-refractivity contribution < 1.29 is 9.18 Å². The maximum absolute atomic E-state index is 12.9. The Morgan fingerprint density at radius 1 is 1.19 bits per heavy atom. The fourth-order valence-electron chi connectivity index (χ4n) is 3.05. The van der Waals surface area contributed by atoms with E-state index >= 15 is 0 Å². The van der Waals surface area contributed by atoms with Crippen molar-refractivity contribution in [3.63, 3.8) is 0 Å². The SMILES string of the molecule is CCNC(=NCCCN1CCCCCC1=O)NCCc1ccc(F)cc1. The van der Waals surface area contributed by atoms with E-state index in [-0.39, 0.29) is 11.7 Å². The summed E-state index contributed by atoms with van der Waals surface area (Å²) in [6.07, 6.45) is 5.67. The topological polar surface area (TPSA) is 56.7 Å². The normalized spacial score (nSPS) is 15.7. The van der Waals surface area contributed by atoms with Gasteiger partial charge in [-0.05, 0) is 50.3 Å². The molecule has 1 aromatic rings. The highest BCUT2D eigenvalue weighted by atomic mass is 19.1. The van der Waals surface area contributed by atoms with Crippen LogP contribution in [0.25, 0.3) is 0 Å². The zero-order valence-corrected chi connectivity index (χ0v) is 15.8. The van der Waals surface area contributed by atoms with Gasteiger partial charge in [-0.25, -0.2) is 4.39 Å². The Morgan fingerprint density at radius 3 is 2.77 bits per heavy atom. The first-order valence-electron chi connectivity index (χ1n) is 9.73. The third-order valence-electron chi connectivity index (χ3n) is 4.49. The molecule has 5 nitrogen and oxygen atoms in total. The summed E-state index contributed by atoms with van der Waals surface area (Å²) < 4.78 is 12.9. The number of hydrogen-bond donors (Lipinski definition) is 2. The number of benzene rings is 1. The summed E-state index contributed by atoms with van der Waals surface area (Å²) in [5.74, 6) is 0.868. The van der Waals surface area contributed by atoms with Gasteiger partial charge in [0, 0.05) is 39.1 Å². The molecule has 26 heavy (non-hydrogen) atoms. The van der Waals surface area contributed by atoms with Crippen LogP contribution in [0.3, 0.4) is 0 Å². The molecule has 0 radical (unpaired) electrons. The minimum absolute atomic E-state index is 0.209. The predicted molar refractivity (Wildman–Crippen MR) is 104 cm³/mol. The third-order valence-corrected chi connectivity index (χ3v) is 4.49. The number of hydrogen-bond acceptors (Lipinski definition) is 2. The number of carbonyl (C=O) groups is 1. The van der Waals surface area contributed by atoms with Gasteiger partial charge in [0.05, 0.1) is 0 Å². The molecular weight excluding hydrogens is 331 g/mol. The Balaban J connectivity index is 1.71. The molecule has 2 N–H and O–H groups in total. The van der Waals surface area contributed by atoms with Gasteiger partial charge in [-0.1, -0.05) is 18.6 Å². The summed E-state index contributed by atoms with van der Waals surface area (Å²) in [4.78, 5) is 18.6.